The van der Waals surface area contributed by atoms with Crippen LogP contribution >= 0.6 is 11.6 Å². The zero-order valence-corrected chi connectivity index (χ0v) is 24.2. The van der Waals surface area contributed by atoms with Crippen molar-refractivity contribution in [1.82, 2.24) is 0 Å². The molecule has 0 spiro atoms. The molecule has 4 rings (SSSR count). The van der Waals surface area contributed by atoms with Gasteiger partial charge in [-0.25, -0.2) is 9.59 Å². The summed E-state index contributed by atoms with van der Waals surface area (Å²) in [5.74, 6) is -1.54. The van der Waals surface area contributed by atoms with E-state index in [2.05, 4.69) is 10.6 Å². The number of rotatable bonds is 9. The highest BCUT2D eigenvalue weighted by molar-refractivity contribution is 6.33. The number of cyclic esters (lactones) is 1. The fourth-order valence-electron chi connectivity index (χ4n) is 4.66. The number of carbonyl (C=O) groups is 3. The molecule has 3 aromatic rings. The molecular formula is C31H28ClF3N2O6. The summed E-state index contributed by atoms with van der Waals surface area (Å²) in [6.45, 7) is 3.54. The molecule has 0 aromatic heterocycles. The Kier molecular flexibility index (Phi) is 9.65. The molecule has 0 saturated carbocycles. The number of benzene rings is 3. The lowest BCUT2D eigenvalue weighted by Gasteiger charge is -2.20. The third-order valence-electron chi connectivity index (χ3n) is 6.83. The average Bonchev–Trinajstić information content (AvgIpc) is 3.35. The molecule has 1 heterocycles. The maximum atomic E-state index is 13.2. The Morgan fingerprint density at radius 1 is 1.07 bits per heavy atom. The number of hydrogen-bond donors (Lipinski definition) is 2. The first-order valence-electron chi connectivity index (χ1n) is 13.1. The third kappa shape index (κ3) is 7.29. The van der Waals surface area contributed by atoms with Crippen molar-refractivity contribution in [3.63, 3.8) is 0 Å². The van der Waals surface area contributed by atoms with Gasteiger partial charge in [-0.1, -0.05) is 47.5 Å². The summed E-state index contributed by atoms with van der Waals surface area (Å²) in [7, 11) is 1.47. The predicted octanol–water partition coefficient (Wildman–Crippen LogP) is 7.86. The minimum absolute atomic E-state index is 0.0197. The number of alkyl halides is 3. The van der Waals surface area contributed by atoms with Crippen molar-refractivity contribution in [1.29, 1.82) is 0 Å². The first kappa shape index (κ1) is 31.4. The summed E-state index contributed by atoms with van der Waals surface area (Å²) < 4.78 is 55.6. The van der Waals surface area contributed by atoms with Gasteiger partial charge in [-0.3, -0.25) is 4.79 Å². The molecule has 0 radical (unpaired) electrons. The standard InChI is InChI=1S/C31H28ClF3N2O6/c1-17(13-15-25(38)43-24-11-7-4-8-21(24)31(33,34)35)12-14-19-27(37-30(40)36-23-10-6-5-9-22(23)32)26-20(16-42-29(26)39)18(2)28(19)41-3/h4-12H,13-16H2,1-3H3,(H2,36,37,40). The smallest absolute Gasteiger partial charge is 0.419 e. The van der Waals surface area contributed by atoms with Crippen LogP contribution in [0, 0.1) is 6.92 Å². The number of fused-ring (bicyclic) bond motifs is 1. The quantitative estimate of drug-likeness (QED) is 0.144. The summed E-state index contributed by atoms with van der Waals surface area (Å²) in [5, 5.41) is 5.74. The second-order valence-electron chi connectivity index (χ2n) is 9.72. The summed E-state index contributed by atoms with van der Waals surface area (Å²) in [5.41, 5.74) is 2.21. The third-order valence-corrected chi connectivity index (χ3v) is 7.16. The van der Waals surface area contributed by atoms with Gasteiger partial charge in [0.15, 0.2) is 0 Å². The second kappa shape index (κ2) is 13.2. The molecule has 3 aromatic carbocycles. The summed E-state index contributed by atoms with van der Waals surface area (Å²) in [6, 6.07) is 10.5. The van der Waals surface area contributed by atoms with Gasteiger partial charge < -0.3 is 24.8 Å². The number of nitrogens with one attached hydrogen (secondary N) is 2. The number of anilines is 2. The molecule has 1 aliphatic heterocycles. The fraction of sp³-hybridized carbons (Fsp3) is 0.258. The fourth-order valence-corrected chi connectivity index (χ4v) is 4.84. The molecule has 0 aliphatic carbocycles. The lowest BCUT2D eigenvalue weighted by molar-refractivity contribution is -0.142. The number of urea groups is 1. The maximum absolute atomic E-state index is 13.2. The molecular weight excluding hydrogens is 589 g/mol. The van der Waals surface area contributed by atoms with E-state index < -0.39 is 35.5 Å². The second-order valence-corrected chi connectivity index (χ2v) is 10.1. The van der Waals surface area contributed by atoms with Gasteiger partial charge in [0.05, 0.1) is 34.6 Å². The van der Waals surface area contributed by atoms with E-state index in [9.17, 15) is 27.6 Å². The number of para-hydroxylation sites is 2. The molecule has 1 aliphatic rings. The van der Waals surface area contributed by atoms with Gasteiger partial charge >= 0.3 is 24.1 Å². The van der Waals surface area contributed by atoms with Gasteiger partial charge in [-0.15, -0.1) is 0 Å². The number of hydrogen-bond acceptors (Lipinski definition) is 6. The van der Waals surface area contributed by atoms with Crippen molar-refractivity contribution in [2.45, 2.75) is 45.9 Å². The molecule has 2 N–H and O–H groups in total. The zero-order chi connectivity index (χ0) is 31.3. The van der Waals surface area contributed by atoms with E-state index in [1.54, 1.807) is 44.2 Å². The number of amides is 2. The van der Waals surface area contributed by atoms with Crippen LogP contribution in [0.25, 0.3) is 0 Å². The van der Waals surface area contributed by atoms with Crippen LogP contribution in [-0.4, -0.2) is 25.1 Å². The monoisotopic (exact) mass is 616 g/mol. The van der Waals surface area contributed by atoms with E-state index >= 15 is 0 Å². The lowest BCUT2D eigenvalue weighted by atomic mass is 9.93. The molecule has 8 nitrogen and oxygen atoms in total. The van der Waals surface area contributed by atoms with Crippen molar-refractivity contribution in [2.24, 2.45) is 0 Å². The van der Waals surface area contributed by atoms with E-state index in [1.165, 1.54) is 19.2 Å². The Balaban J connectivity index is 1.55. The van der Waals surface area contributed by atoms with E-state index in [4.69, 9.17) is 25.8 Å². The zero-order valence-electron chi connectivity index (χ0n) is 23.5. The normalized spacial score (nSPS) is 12.8. The predicted molar refractivity (Wildman–Crippen MR) is 155 cm³/mol. The summed E-state index contributed by atoms with van der Waals surface area (Å²) in [6.07, 6.45) is -2.69. The van der Waals surface area contributed by atoms with E-state index in [-0.39, 0.29) is 37.1 Å². The van der Waals surface area contributed by atoms with Crippen LogP contribution in [0.4, 0.5) is 29.3 Å². The maximum Gasteiger partial charge on any atom is 0.419 e. The number of allylic oxidation sites excluding steroid dienone is 2. The van der Waals surface area contributed by atoms with Crippen molar-refractivity contribution >= 4 is 40.9 Å². The minimum atomic E-state index is -4.66. The number of carbonyl (C=O) groups excluding carboxylic acids is 3. The number of esters is 2. The minimum Gasteiger partial charge on any atom is -0.496 e. The first-order valence-corrected chi connectivity index (χ1v) is 13.5. The molecule has 0 bridgehead atoms. The van der Waals surface area contributed by atoms with Gasteiger partial charge in [0.1, 0.15) is 18.1 Å². The molecule has 0 saturated heterocycles. The Bertz CT molecular complexity index is 1600. The molecule has 0 unspecified atom stereocenters. The van der Waals surface area contributed by atoms with Crippen molar-refractivity contribution in [2.75, 3.05) is 17.7 Å². The largest absolute Gasteiger partial charge is 0.496 e. The average molecular weight is 617 g/mol. The van der Waals surface area contributed by atoms with Gasteiger partial charge in [0, 0.05) is 17.5 Å². The Morgan fingerprint density at radius 3 is 2.47 bits per heavy atom. The summed E-state index contributed by atoms with van der Waals surface area (Å²) in [4.78, 5) is 38.1. The Morgan fingerprint density at radius 2 is 1.77 bits per heavy atom. The van der Waals surface area contributed by atoms with Crippen LogP contribution in [0.3, 0.4) is 0 Å². The molecule has 12 heteroatoms. The van der Waals surface area contributed by atoms with E-state index in [0.717, 1.165) is 17.7 Å². The SMILES string of the molecule is COc1c(C)c2c(c(NC(=O)Nc3ccccc3Cl)c1CC=C(C)CCC(=O)Oc1ccccc1C(F)(F)F)C(=O)OC2. The van der Waals surface area contributed by atoms with E-state index in [1.807, 2.05) is 0 Å². The van der Waals surface area contributed by atoms with Gasteiger partial charge in [0.25, 0.3) is 0 Å². The highest BCUT2D eigenvalue weighted by Gasteiger charge is 2.35. The summed E-state index contributed by atoms with van der Waals surface area (Å²) >= 11 is 6.17. The van der Waals surface area contributed by atoms with Crippen LogP contribution in [0.1, 0.15) is 52.4 Å². The van der Waals surface area contributed by atoms with Crippen molar-refractivity contribution in [3.8, 4) is 11.5 Å². The Labute approximate surface area is 250 Å². The van der Waals surface area contributed by atoms with E-state index in [0.29, 0.717) is 33.1 Å². The highest BCUT2D eigenvalue weighted by Crippen LogP contribution is 2.42. The lowest BCUT2D eigenvalue weighted by Crippen LogP contribution is -2.22. The first-order chi connectivity index (χ1) is 20.4. The van der Waals surface area contributed by atoms with Crippen molar-refractivity contribution in [3.05, 3.63) is 93.0 Å². The van der Waals surface area contributed by atoms with Crippen LogP contribution < -0.4 is 20.1 Å². The number of halogens is 4. The van der Waals surface area contributed by atoms with Crippen LogP contribution in [0.15, 0.2) is 60.2 Å². The molecule has 2 amide bonds. The van der Waals surface area contributed by atoms with Gasteiger partial charge in [-0.05, 0) is 56.5 Å². The Hall–Kier alpha value is -4.51. The van der Waals surface area contributed by atoms with Crippen LogP contribution in [-0.2, 0) is 28.7 Å². The molecule has 0 fully saturated rings. The number of methoxy groups -OCH3 is 1. The van der Waals surface area contributed by atoms with Crippen molar-refractivity contribution < 1.29 is 41.8 Å². The molecule has 0 atom stereocenters. The van der Waals surface area contributed by atoms with Gasteiger partial charge in [0.2, 0.25) is 0 Å². The highest BCUT2D eigenvalue weighted by atomic mass is 35.5. The molecule has 226 valence electrons. The van der Waals surface area contributed by atoms with Crippen LogP contribution in [0.5, 0.6) is 11.5 Å². The number of ether oxygens (including phenoxy) is 3. The van der Waals surface area contributed by atoms with Gasteiger partial charge in [-0.2, -0.15) is 13.2 Å². The molecule has 43 heavy (non-hydrogen) atoms. The van der Waals surface area contributed by atoms with Crippen LogP contribution in [0.2, 0.25) is 5.02 Å². The topological polar surface area (TPSA) is 103 Å².